The maximum atomic E-state index is 5.90. The van der Waals surface area contributed by atoms with Gasteiger partial charge in [-0.2, -0.15) is 0 Å². The number of rotatable bonds is 8. The molecule has 1 saturated carbocycles. The molecule has 84 valence electrons. The molecule has 1 aliphatic rings. The first-order valence-corrected chi connectivity index (χ1v) is 6.21. The molecular weight excluding hydrogens is 219 g/mol. The van der Waals surface area contributed by atoms with Crippen LogP contribution in [0, 0.1) is 5.92 Å². The molecule has 4 heteroatoms. The molecule has 1 unspecified atom stereocenters. The topological polar surface area (TPSA) is 24.1 Å². The second kappa shape index (κ2) is 6.16. The van der Waals surface area contributed by atoms with E-state index in [4.69, 9.17) is 23.2 Å². The summed E-state index contributed by atoms with van der Waals surface area (Å²) in [5, 5.41) is 6.73. The molecule has 0 bridgehead atoms. The predicted molar refractivity (Wildman–Crippen MR) is 63.2 cm³/mol. The molecule has 2 N–H and O–H groups in total. The van der Waals surface area contributed by atoms with Gasteiger partial charge in [0.05, 0.1) is 0 Å². The Labute approximate surface area is 96.7 Å². The average Bonchev–Trinajstić information content (AvgIpc) is 2.73. The lowest BCUT2D eigenvalue weighted by Crippen LogP contribution is -2.24. The van der Waals surface area contributed by atoms with Crippen LogP contribution in [0.25, 0.3) is 0 Å². The van der Waals surface area contributed by atoms with Gasteiger partial charge >= 0.3 is 0 Å². The molecule has 0 aliphatic heterocycles. The van der Waals surface area contributed by atoms with Gasteiger partial charge in [0.15, 0.2) is 0 Å². The van der Waals surface area contributed by atoms with Crippen LogP contribution in [0.4, 0.5) is 0 Å². The Morgan fingerprint density at radius 3 is 2.43 bits per heavy atom. The van der Waals surface area contributed by atoms with Crippen molar-refractivity contribution in [3.63, 3.8) is 0 Å². The Morgan fingerprint density at radius 2 is 1.86 bits per heavy atom. The van der Waals surface area contributed by atoms with Crippen LogP contribution >= 0.6 is 23.2 Å². The summed E-state index contributed by atoms with van der Waals surface area (Å²) in [5.74, 6) is 0.467. The fraction of sp³-hybridized carbons (Fsp3) is 1.00. The van der Waals surface area contributed by atoms with Gasteiger partial charge in [-0.05, 0) is 38.9 Å². The number of hydrogen-bond acceptors (Lipinski definition) is 2. The first kappa shape index (κ1) is 12.6. The third-order valence-electron chi connectivity index (χ3n) is 2.48. The highest BCUT2D eigenvalue weighted by Crippen LogP contribution is 2.52. The molecule has 0 aromatic heterocycles. The lowest BCUT2D eigenvalue weighted by molar-refractivity contribution is 0.575. The highest BCUT2D eigenvalue weighted by molar-refractivity contribution is 6.50. The Balaban J connectivity index is 1.77. The smallest absolute Gasteiger partial charge is 0.122 e. The van der Waals surface area contributed by atoms with Crippen LogP contribution in [-0.2, 0) is 0 Å². The molecule has 1 rings (SSSR count). The summed E-state index contributed by atoms with van der Waals surface area (Å²) in [6, 6.07) is 0. The highest BCUT2D eigenvalue weighted by Gasteiger charge is 2.50. The zero-order chi connectivity index (χ0) is 10.4. The maximum absolute atomic E-state index is 5.90. The number of nitrogens with one attached hydrogen (secondary N) is 2. The van der Waals surface area contributed by atoms with E-state index < -0.39 is 4.33 Å². The van der Waals surface area contributed by atoms with E-state index in [0.29, 0.717) is 5.92 Å². The molecule has 1 atom stereocenters. The van der Waals surface area contributed by atoms with E-state index >= 15 is 0 Å². The fourth-order valence-electron chi connectivity index (χ4n) is 1.41. The van der Waals surface area contributed by atoms with E-state index in [2.05, 4.69) is 17.6 Å². The molecule has 0 spiro atoms. The van der Waals surface area contributed by atoms with Crippen molar-refractivity contribution >= 4 is 23.2 Å². The Kier molecular flexibility index (Phi) is 5.53. The van der Waals surface area contributed by atoms with E-state index in [0.717, 1.165) is 32.6 Å². The van der Waals surface area contributed by atoms with Crippen LogP contribution < -0.4 is 10.6 Å². The number of hydrogen-bond donors (Lipinski definition) is 2. The number of halogens is 2. The predicted octanol–water partition coefficient (Wildman–Crippen LogP) is 2.16. The van der Waals surface area contributed by atoms with Crippen LogP contribution in [0.2, 0.25) is 0 Å². The third kappa shape index (κ3) is 4.83. The fourth-order valence-corrected chi connectivity index (χ4v) is 1.93. The quantitative estimate of drug-likeness (QED) is 0.501. The van der Waals surface area contributed by atoms with Gasteiger partial charge in [-0.3, -0.25) is 0 Å². The van der Waals surface area contributed by atoms with Crippen molar-refractivity contribution in [3.05, 3.63) is 0 Å². The summed E-state index contributed by atoms with van der Waals surface area (Å²) in [5.41, 5.74) is 0. The molecule has 0 aromatic carbocycles. The van der Waals surface area contributed by atoms with Crippen LogP contribution in [0.3, 0.4) is 0 Å². The second-order valence-electron chi connectivity index (χ2n) is 3.97. The maximum Gasteiger partial charge on any atom is 0.122 e. The zero-order valence-electron chi connectivity index (χ0n) is 8.78. The van der Waals surface area contributed by atoms with Gasteiger partial charge in [0.2, 0.25) is 0 Å². The van der Waals surface area contributed by atoms with Crippen LogP contribution in [-0.4, -0.2) is 30.5 Å². The lowest BCUT2D eigenvalue weighted by Gasteiger charge is -2.05. The molecule has 0 heterocycles. The molecule has 0 amide bonds. The Hall–Kier alpha value is 0.500. The monoisotopic (exact) mass is 238 g/mol. The summed E-state index contributed by atoms with van der Waals surface area (Å²) in [6.45, 7) is 6.41. The van der Waals surface area contributed by atoms with Gasteiger partial charge in [0.1, 0.15) is 4.33 Å². The van der Waals surface area contributed by atoms with E-state index in [1.807, 2.05) is 0 Å². The van der Waals surface area contributed by atoms with E-state index in [1.165, 1.54) is 12.8 Å². The van der Waals surface area contributed by atoms with E-state index in [1.54, 1.807) is 0 Å². The minimum Gasteiger partial charge on any atom is -0.317 e. The molecule has 0 saturated heterocycles. The minimum absolute atomic E-state index is 0.423. The largest absolute Gasteiger partial charge is 0.317 e. The van der Waals surface area contributed by atoms with Crippen molar-refractivity contribution in [2.45, 2.75) is 30.5 Å². The van der Waals surface area contributed by atoms with Crippen LogP contribution in [0.5, 0.6) is 0 Å². The van der Waals surface area contributed by atoms with Crippen molar-refractivity contribution in [2.24, 2.45) is 5.92 Å². The first-order valence-electron chi connectivity index (χ1n) is 5.46. The average molecular weight is 239 g/mol. The SMILES string of the molecule is CCCNCCCNCC1CC1(Cl)Cl. The zero-order valence-corrected chi connectivity index (χ0v) is 10.3. The standard InChI is InChI=1S/C10H20Cl2N2/c1-2-4-13-5-3-6-14-8-9-7-10(9,11)12/h9,13-14H,2-8H2,1H3. The summed E-state index contributed by atoms with van der Waals surface area (Å²) >= 11 is 11.8. The van der Waals surface area contributed by atoms with Crippen molar-refractivity contribution in [2.75, 3.05) is 26.2 Å². The first-order chi connectivity index (χ1) is 6.67. The van der Waals surface area contributed by atoms with Crippen molar-refractivity contribution in [1.29, 1.82) is 0 Å². The Bertz CT molecular complexity index is 162. The summed E-state index contributed by atoms with van der Waals surface area (Å²) in [4.78, 5) is 0. The van der Waals surface area contributed by atoms with Gasteiger partial charge in [0, 0.05) is 12.5 Å². The molecule has 0 radical (unpaired) electrons. The third-order valence-corrected chi connectivity index (χ3v) is 3.41. The second-order valence-corrected chi connectivity index (χ2v) is 5.51. The molecular formula is C10H20Cl2N2. The molecule has 1 aliphatic carbocycles. The number of alkyl halides is 2. The van der Waals surface area contributed by atoms with Crippen molar-refractivity contribution < 1.29 is 0 Å². The minimum atomic E-state index is -0.423. The van der Waals surface area contributed by atoms with E-state index in [9.17, 15) is 0 Å². The summed E-state index contributed by atoms with van der Waals surface area (Å²) in [6.07, 6.45) is 3.32. The summed E-state index contributed by atoms with van der Waals surface area (Å²) in [7, 11) is 0. The van der Waals surface area contributed by atoms with Gasteiger partial charge in [-0.15, -0.1) is 23.2 Å². The van der Waals surface area contributed by atoms with Gasteiger partial charge in [-0.25, -0.2) is 0 Å². The van der Waals surface area contributed by atoms with Crippen LogP contribution in [0.15, 0.2) is 0 Å². The van der Waals surface area contributed by atoms with Gasteiger partial charge < -0.3 is 10.6 Å². The van der Waals surface area contributed by atoms with Gasteiger partial charge in [-0.1, -0.05) is 6.92 Å². The molecule has 2 nitrogen and oxygen atoms in total. The summed E-state index contributed by atoms with van der Waals surface area (Å²) < 4.78 is -0.423. The van der Waals surface area contributed by atoms with Crippen molar-refractivity contribution in [3.8, 4) is 0 Å². The highest BCUT2D eigenvalue weighted by atomic mass is 35.5. The molecule has 1 fully saturated rings. The normalized spacial score (nSPS) is 23.8. The van der Waals surface area contributed by atoms with Crippen molar-refractivity contribution in [1.82, 2.24) is 10.6 Å². The lowest BCUT2D eigenvalue weighted by atomic mass is 10.3. The van der Waals surface area contributed by atoms with E-state index in [-0.39, 0.29) is 0 Å². The Morgan fingerprint density at radius 1 is 1.21 bits per heavy atom. The van der Waals surface area contributed by atoms with Gasteiger partial charge in [0.25, 0.3) is 0 Å². The molecule has 0 aromatic rings. The van der Waals surface area contributed by atoms with Crippen LogP contribution in [0.1, 0.15) is 26.2 Å². The molecule has 14 heavy (non-hydrogen) atoms.